The van der Waals surface area contributed by atoms with E-state index in [1.807, 2.05) is 24.8 Å². The molecule has 2 aliphatic heterocycles. The van der Waals surface area contributed by atoms with Gasteiger partial charge in [-0.3, -0.25) is 14.5 Å². The number of hydrogen-bond acceptors (Lipinski definition) is 6. The molecule has 31 heavy (non-hydrogen) atoms. The van der Waals surface area contributed by atoms with Gasteiger partial charge in [-0.05, 0) is 38.0 Å². The zero-order chi connectivity index (χ0) is 22.5. The summed E-state index contributed by atoms with van der Waals surface area (Å²) in [7, 11) is 3.13. The van der Waals surface area contributed by atoms with Crippen molar-refractivity contribution in [2.24, 2.45) is 0 Å². The second kappa shape index (κ2) is 10.2. The summed E-state index contributed by atoms with van der Waals surface area (Å²) in [6.07, 6.45) is 3.96. The quantitative estimate of drug-likeness (QED) is 0.441. The minimum Gasteiger partial charge on any atom is -0.493 e. The average molecular weight is 431 g/mol. The van der Waals surface area contributed by atoms with Crippen LogP contribution in [0.25, 0.3) is 5.57 Å². The van der Waals surface area contributed by atoms with Crippen molar-refractivity contribution in [2.75, 3.05) is 33.9 Å². The fraction of sp³-hybridized carbons (Fsp3) is 0.583. The third kappa shape index (κ3) is 4.87. The summed E-state index contributed by atoms with van der Waals surface area (Å²) in [5.74, 6) is 0.649. The van der Waals surface area contributed by atoms with Crippen LogP contribution in [0.15, 0.2) is 23.9 Å². The van der Waals surface area contributed by atoms with Gasteiger partial charge in [-0.15, -0.1) is 0 Å². The summed E-state index contributed by atoms with van der Waals surface area (Å²) in [6, 6.07) is 5.36. The first-order valence-corrected chi connectivity index (χ1v) is 11.1. The van der Waals surface area contributed by atoms with Gasteiger partial charge in [0.25, 0.3) is 11.8 Å². The van der Waals surface area contributed by atoms with Crippen LogP contribution in [0.4, 0.5) is 0 Å². The van der Waals surface area contributed by atoms with E-state index < -0.39 is 0 Å². The van der Waals surface area contributed by atoms with E-state index in [0.29, 0.717) is 48.0 Å². The molecule has 1 saturated heterocycles. The zero-order valence-corrected chi connectivity index (χ0v) is 19.3. The molecule has 1 aromatic carbocycles. The molecule has 2 aliphatic rings. The number of benzene rings is 1. The second-order valence-electron chi connectivity index (χ2n) is 8.28. The predicted molar refractivity (Wildman–Crippen MR) is 119 cm³/mol. The molecule has 2 amide bonds. The molecule has 0 aliphatic carbocycles. The highest BCUT2D eigenvalue weighted by Crippen LogP contribution is 2.37. The summed E-state index contributed by atoms with van der Waals surface area (Å²) in [5.41, 5.74) is 1.56. The molecular formula is C24H34N2O5. The Hall–Kier alpha value is -2.54. The van der Waals surface area contributed by atoms with Gasteiger partial charge in [0.15, 0.2) is 11.5 Å². The minimum atomic E-state index is -0.240. The molecule has 1 aromatic rings. The Morgan fingerprint density at radius 3 is 2.26 bits per heavy atom. The van der Waals surface area contributed by atoms with Crippen molar-refractivity contribution in [3.8, 4) is 11.5 Å². The van der Waals surface area contributed by atoms with Crippen molar-refractivity contribution < 1.29 is 23.8 Å². The first-order chi connectivity index (χ1) is 14.9. The minimum absolute atomic E-state index is 0.0237. The molecule has 2 atom stereocenters. The number of carbonyl (C=O) groups excluding carboxylic acids is 2. The lowest BCUT2D eigenvalue weighted by Crippen LogP contribution is -2.47. The number of nitrogens with zero attached hydrogens (tertiary/aromatic N) is 2. The molecule has 2 unspecified atom stereocenters. The average Bonchev–Trinajstić information content (AvgIpc) is 3.00. The summed E-state index contributed by atoms with van der Waals surface area (Å²) in [5, 5.41) is 0. The van der Waals surface area contributed by atoms with E-state index in [1.165, 1.54) is 4.90 Å². The molecular weight excluding hydrogens is 396 g/mol. The zero-order valence-electron chi connectivity index (χ0n) is 19.3. The van der Waals surface area contributed by atoms with Gasteiger partial charge < -0.3 is 19.1 Å². The van der Waals surface area contributed by atoms with Crippen molar-refractivity contribution in [2.45, 2.75) is 58.7 Å². The number of ether oxygens (including phenoxy) is 3. The van der Waals surface area contributed by atoms with Gasteiger partial charge in [-0.1, -0.05) is 32.3 Å². The maximum Gasteiger partial charge on any atom is 0.277 e. The van der Waals surface area contributed by atoms with Crippen LogP contribution in [0.2, 0.25) is 0 Å². The molecule has 3 rings (SSSR count). The van der Waals surface area contributed by atoms with Crippen molar-refractivity contribution in [3.05, 3.63) is 29.5 Å². The van der Waals surface area contributed by atoms with Crippen LogP contribution in [-0.2, 0) is 14.3 Å². The third-order valence-electron chi connectivity index (χ3n) is 5.79. The summed E-state index contributed by atoms with van der Waals surface area (Å²) in [6.45, 7) is 7.69. The number of amides is 2. The molecule has 0 bridgehead atoms. The monoisotopic (exact) mass is 430 g/mol. The van der Waals surface area contributed by atoms with Gasteiger partial charge in [0.1, 0.15) is 5.70 Å². The largest absolute Gasteiger partial charge is 0.493 e. The van der Waals surface area contributed by atoms with Crippen LogP contribution in [0.1, 0.15) is 52.0 Å². The molecule has 0 radical (unpaired) electrons. The van der Waals surface area contributed by atoms with Crippen molar-refractivity contribution in [3.63, 3.8) is 0 Å². The van der Waals surface area contributed by atoms with Crippen LogP contribution in [0, 0.1) is 0 Å². The van der Waals surface area contributed by atoms with E-state index in [-0.39, 0.29) is 24.0 Å². The van der Waals surface area contributed by atoms with Crippen LogP contribution in [-0.4, -0.2) is 67.7 Å². The highest BCUT2D eigenvalue weighted by molar-refractivity contribution is 6.35. The Bertz CT molecular complexity index is 840. The molecule has 0 aromatic heterocycles. The Balaban J connectivity index is 2.01. The van der Waals surface area contributed by atoms with Crippen molar-refractivity contribution in [1.29, 1.82) is 0 Å². The lowest BCUT2D eigenvalue weighted by molar-refractivity contribution is -0.138. The fourth-order valence-corrected chi connectivity index (χ4v) is 4.37. The third-order valence-corrected chi connectivity index (χ3v) is 5.79. The number of rotatable bonds is 9. The van der Waals surface area contributed by atoms with E-state index in [0.717, 1.165) is 25.7 Å². The lowest BCUT2D eigenvalue weighted by Gasteiger charge is -2.37. The molecule has 7 heteroatoms. The smallest absolute Gasteiger partial charge is 0.277 e. The highest BCUT2D eigenvalue weighted by atomic mass is 16.5. The molecule has 7 nitrogen and oxygen atoms in total. The molecule has 1 fully saturated rings. The van der Waals surface area contributed by atoms with Gasteiger partial charge in [0.2, 0.25) is 0 Å². The molecule has 2 heterocycles. The van der Waals surface area contributed by atoms with Gasteiger partial charge in [0, 0.05) is 19.6 Å². The second-order valence-corrected chi connectivity index (χ2v) is 8.28. The number of unbranched alkanes of at least 4 members (excludes halogenated alkanes) is 3. The predicted octanol–water partition coefficient (Wildman–Crippen LogP) is 3.47. The Morgan fingerprint density at radius 1 is 0.968 bits per heavy atom. The van der Waals surface area contributed by atoms with Crippen LogP contribution in [0.3, 0.4) is 0 Å². The van der Waals surface area contributed by atoms with Crippen LogP contribution < -0.4 is 9.47 Å². The van der Waals surface area contributed by atoms with E-state index in [1.54, 1.807) is 26.4 Å². The van der Waals surface area contributed by atoms with Crippen LogP contribution >= 0.6 is 0 Å². The SMILES string of the molecule is CCCCCCN1C(=O)C(c2ccc(OC)c(OC)c2)=C(N2CC(C)OC(C)C2)C1=O. The van der Waals surface area contributed by atoms with E-state index in [9.17, 15) is 9.59 Å². The number of imide groups is 1. The first kappa shape index (κ1) is 23.1. The number of methoxy groups -OCH3 is 2. The van der Waals surface area contributed by atoms with E-state index in [2.05, 4.69) is 6.92 Å². The number of hydrogen-bond donors (Lipinski definition) is 0. The Kier molecular flexibility index (Phi) is 7.59. The fourth-order valence-electron chi connectivity index (χ4n) is 4.37. The van der Waals surface area contributed by atoms with Gasteiger partial charge >= 0.3 is 0 Å². The van der Waals surface area contributed by atoms with Gasteiger partial charge in [-0.2, -0.15) is 0 Å². The maximum absolute atomic E-state index is 13.5. The summed E-state index contributed by atoms with van der Waals surface area (Å²) >= 11 is 0. The Labute approximate surface area is 184 Å². The van der Waals surface area contributed by atoms with Crippen molar-refractivity contribution in [1.82, 2.24) is 9.80 Å². The van der Waals surface area contributed by atoms with Gasteiger partial charge in [-0.25, -0.2) is 0 Å². The molecule has 0 spiro atoms. The van der Waals surface area contributed by atoms with E-state index in [4.69, 9.17) is 14.2 Å². The highest BCUT2D eigenvalue weighted by Gasteiger charge is 2.43. The number of morpholine rings is 1. The maximum atomic E-state index is 13.5. The molecule has 0 N–H and O–H groups in total. The molecule has 0 saturated carbocycles. The van der Waals surface area contributed by atoms with E-state index >= 15 is 0 Å². The Morgan fingerprint density at radius 2 is 1.65 bits per heavy atom. The first-order valence-electron chi connectivity index (χ1n) is 11.1. The normalized spacial score (nSPS) is 21.8. The van der Waals surface area contributed by atoms with Crippen LogP contribution in [0.5, 0.6) is 11.5 Å². The number of carbonyl (C=O) groups is 2. The summed E-state index contributed by atoms with van der Waals surface area (Å²) < 4.78 is 16.6. The van der Waals surface area contributed by atoms with Crippen molar-refractivity contribution >= 4 is 17.4 Å². The van der Waals surface area contributed by atoms with Gasteiger partial charge in [0.05, 0.1) is 32.0 Å². The topological polar surface area (TPSA) is 68.3 Å². The molecule has 170 valence electrons. The standard InChI is InChI=1S/C24H34N2O5/c1-6-7-8-9-12-26-23(27)21(18-10-11-19(29-4)20(13-18)30-5)22(24(26)28)25-14-16(2)31-17(3)15-25/h10-11,13,16-17H,6-9,12,14-15H2,1-5H3. The summed E-state index contributed by atoms with van der Waals surface area (Å²) in [4.78, 5) is 30.3. The lowest BCUT2D eigenvalue weighted by atomic mass is 10.0.